The van der Waals surface area contributed by atoms with E-state index in [0.717, 1.165) is 10.4 Å². The van der Waals surface area contributed by atoms with Gasteiger partial charge >= 0.3 is 0 Å². The van der Waals surface area contributed by atoms with Gasteiger partial charge in [0.1, 0.15) is 24.0 Å². The molecule has 0 radical (unpaired) electrons. The number of nitrogens with two attached hydrogens (primary N) is 1. The second kappa shape index (κ2) is 6.76. The number of fused-ring (bicyclic) bond motifs is 1. The lowest BCUT2D eigenvalue weighted by molar-refractivity contribution is -0.116. The van der Waals surface area contributed by atoms with Gasteiger partial charge < -0.3 is 15.8 Å². The Bertz CT molecular complexity index is 973. The Labute approximate surface area is 153 Å². The van der Waals surface area contributed by atoms with E-state index in [4.69, 9.17) is 10.5 Å². The largest absolute Gasteiger partial charge is 0.488 e. The molecule has 1 unspecified atom stereocenters. The number of rotatable bonds is 4. The molecule has 132 valence electrons. The zero-order valence-electron chi connectivity index (χ0n) is 13.7. The molecule has 1 aliphatic heterocycles. The summed E-state index contributed by atoms with van der Waals surface area (Å²) in [6.45, 7) is 0.111. The molecule has 3 aromatic rings. The number of ether oxygens (including phenoxy) is 1. The maximum Gasteiger partial charge on any atom is 0.226 e. The van der Waals surface area contributed by atoms with Crippen LogP contribution in [0.5, 0.6) is 5.75 Å². The quantitative estimate of drug-likeness (QED) is 0.731. The summed E-state index contributed by atoms with van der Waals surface area (Å²) in [4.78, 5) is 17.2. The molecule has 0 saturated heterocycles. The van der Waals surface area contributed by atoms with Crippen molar-refractivity contribution in [1.82, 2.24) is 4.98 Å². The summed E-state index contributed by atoms with van der Waals surface area (Å²) in [6, 6.07) is 14.0. The van der Waals surface area contributed by atoms with E-state index in [9.17, 15) is 9.18 Å². The minimum atomic E-state index is -0.306. The molecule has 1 atom stereocenters. The Kier molecular flexibility index (Phi) is 4.30. The van der Waals surface area contributed by atoms with Crippen LogP contribution in [0.1, 0.15) is 28.3 Å². The summed E-state index contributed by atoms with van der Waals surface area (Å²) in [5.41, 5.74) is 7.16. The second-order valence-corrected chi connectivity index (χ2v) is 7.05. The van der Waals surface area contributed by atoms with Crippen molar-refractivity contribution in [2.45, 2.75) is 18.9 Å². The van der Waals surface area contributed by atoms with E-state index in [1.54, 1.807) is 18.2 Å². The van der Waals surface area contributed by atoms with Gasteiger partial charge in [0.2, 0.25) is 5.91 Å². The smallest absolute Gasteiger partial charge is 0.226 e. The first-order chi connectivity index (χ1) is 12.6. The fourth-order valence-corrected chi connectivity index (χ4v) is 3.97. The van der Waals surface area contributed by atoms with Crippen LogP contribution < -0.4 is 15.8 Å². The summed E-state index contributed by atoms with van der Waals surface area (Å²) < 4.78 is 19.7. The van der Waals surface area contributed by atoms with E-state index in [0.29, 0.717) is 22.3 Å². The van der Waals surface area contributed by atoms with Crippen LogP contribution in [-0.2, 0) is 11.4 Å². The molecule has 3 N–H and O–H groups in total. The van der Waals surface area contributed by atoms with E-state index in [-0.39, 0.29) is 30.7 Å². The van der Waals surface area contributed by atoms with Gasteiger partial charge in [0.15, 0.2) is 5.13 Å². The summed E-state index contributed by atoms with van der Waals surface area (Å²) >= 11 is 1.36. The van der Waals surface area contributed by atoms with Crippen molar-refractivity contribution >= 4 is 28.2 Å². The fraction of sp³-hybridized carbons (Fsp3) is 0.158. The third kappa shape index (κ3) is 3.13. The Morgan fingerprint density at radius 2 is 2.00 bits per heavy atom. The molecule has 0 bridgehead atoms. The predicted octanol–water partition coefficient (Wildman–Crippen LogP) is 3.92. The third-order valence-electron chi connectivity index (χ3n) is 4.27. The number of carbonyl (C=O) groups excluding carboxylic acids is 1. The molecular weight excluding hydrogens is 353 g/mol. The fourth-order valence-electron chi connectivity index (χ4n) is 3.06. The number of carbonyl (C=O) groups is 1. The summed E-state index contributed by atoms with van der Waals surface area (Å²) in [7, 11) is 0. The molecule has 0 aliphatic carbocycles. The van der Waals surface area contributed by atoms with Gasteiger partial charge in [0.25, 0.3) is 0 Å². The van der Waals surface area contributed by atoms with E-state index >= 15 is 0 Å². The zero-order chi connectivity index (χ0) is 18.1. The first kappa shape index (κ1) is 16.5. The number of anilines is 2. The molecule has 1 aromatic heterocycles. The number of nitrogen functional groups attached to an aromatic ring is 1. The normalized spacial score (nSPS) is 16.0. The lowest BCUT2D eigenvalue weighted by Crippen LogP contribution is -2.23. The molecule has 5 nitrogen and oxygen atoms in total. The Hall–Kier alpha value is -2.93. The van der Waals surface area contributed by atoms with Gasteiger partial charge in [-0.25, -0.2) is 9.37 Å². The second-order valence-electron chi connectivity index (χ2n) is 5.99. The molecular formula is C19H16FN3O2S. The van der Waals surface area contributed by atoms with Gasteiger partial charge in [-0.2, -0.15) is 0 Å². The number of hydrogen-bond acceptors (Lipinski definition) is 5. The van der Waals surface area contributed by atoms with Crippen LogP contribution in [0.2, 0.25) is 0 Å². The summed E-state index contributed by atoms with van der Waals surface area (Å²) in [6.07, 6.45) is 0.286. The first-order valence-corrected chi connectivity index (χ1v) is 8.94. The van der Waals surface area contributed by atoms with Crippen molar-refractivity contribution in [2.24, 2.45) is 0 Å². The van der Waals surface area contributed by atoms with E-state index in [2.05, 4.69) is 10.3 Å². The Balaban J connectivity index is 1.66. The average molecular weight is 369 g/mol. The molecule has 2 heterocycles. The van der Waals surface area contributed by atoms with Crippen LogP contribution >= 0.6 is 11.3 Å². The average Bonchev–Trinajstić information content (AvgIpc) is 3.00. The number of para-hydroxylation sites is 1. The van der Waals surface area contributed by atoms with Gasteiger partial charge in [0.05, 0.1) is 4.88 Å². The van der Waals surface area contributed by atoms with Crippen molar-refractivity contribution in [2.75, 3.05) is 11.1 Å². The molecule has 0 spiro atoms. The Morgan fingerprint density at radius 3 is 2.85 bits per heavy atom. The SMILES string of the molecule is Nc1nc2c(s1)C(c1ccccc1OCc1ccccc1F)CC(=O)N2. The van der Waals surface area contributed by atoms with Crippen molar-refractivity contribution in [1.29, 1.82) is 0 Å². The number of hydrogen-bond donors (Lipinski definition) is 2. The number of benzene rings is 2. The highest BCUT2D eigenvalue weighted by atomic mass is 32.1. The molecule has 0 fully saturated rings. The van der Waals surface area contributed by atoms with Gasteiger partial charge in [-0.3, -0.25) is 4.79 Å². The highest BCUT2D eigenvalue weighted by Crippen LogP contribution is 2.44. The number of halogens is 1. The standard InChI is InChI=1S/C19H16FN3O2S/c20-14-7-3-1-5-11(14)10-25-15-8-4-2-6-12(15)13-9-16(24)22-18-17(13)26-19(21)23-18/h1-8,13H,9-10H2,(H2,21,23)(H,22,24). The van der Waals surface area contributed by atoms with Crippen LogP contribution in [0.3, 0.4) is 0 Å². The van der Waals surface area contributed by atoms with Gasteiger partial charge in [-0.05, 0) is 12.1 Å². The topological polar surface area (TPSA) is 77.2 Å². The molecule has 1 amide bonds. The molecule has 7 heteroatoms. The number of aromatic nitrogens is 1. The monoisotopic (exact) mass is 369 g/mol. The highest BCUT2D eigenvalue weighted by Gasteiger charge is 2.31. The van der Waals surface area contributed by atoms with Gasteiger partial charge in [0, 0.05) is 23.5 Å². The molecule has 1 aliphatic rings. The molecule has 2 aromatic carbocycles. The first-order valence-electron chi connectivity index (χ1n) is 8.13. The van der Waals surface area contributed by atoms with Crippen molar-refractivity contribution in [3.8, 4) is 5.75 Å². The van der Waals surface area contributed by atoms with Crippen molar-refractivity contribution in [3.05, 3.63) is 70.4 Å². The predicted molar refractivity (Wildman–Crippen MR) is 98.8 cm³/mol. The van der Waals surface area contributed by atoms with Crippen molar-refractivity contribution in [3.63, 3.8) is 0 Å². The van der Waals surface area contributed by atoms with Gasteiger partial charge in [-0.1, -0.05) is 47.7 Å². The lowest BCUT2D eigenvalue weighted by atomic mass is 9.91. The highest BCUT2D eigenvalue weighted by molar-refractivity contribution is 7.16. The number of thiazole rings is 1. The van der Waals surface area contributed by atoms with E-state index in [1.807, 2.05) is 24.3 Å². The summed E-state index contributed by atoms with van der Waals surface area (Å²) in [5, 5.41) is 3.16. The lowest BCUT2D eigenvalue weighted by Gasteiger charge is -2.23. The maximum atomic E-state index is 13.8. The van der Waals surface area contributed by atoms with E-state index in [1.165, 1.54) is 17.4 Å². The van der Waals surface area contributed by atoms with Crippen LogP contribution in [0.15, 0.2) is 48.5 Å². The number of nitrogens with zero attached hydrogens (tertiary/aromatic N) is 1. The molecule has 26 heavy (non-hydrogen) atoms. The minimum absolute atomic E-state index is 0.111. The van der Waals surface area contributed by atoms with Crippen LogP contribution in [-0.4, -0.2) is 10.9 Å². The van der Waals surface area contributed by atoms with E-state index < -0.39 is 0 Å². The van der Waals surface area contributed by atoms with Crippen LogP contribution in [0.25, 0.3) is 0 Å². The third-order valence-corrected chi connectivity index (χ3v) is 5.27. The maximum absolute atomic E-state index is 13.8. The van der Waals surface area contributed by atoms with Crippen LogP contribution in [0.4, 0.5) is 15.3 Å². The number of nitrogens with one attached hydrogen (secondary N) is 1. The van der Waals surface area contributed by atoms with Crippen LogP contribution in [0, 0.1) is 5.82 Å². The Morgan fingerprint density at radius 1 is 1.23 bits per heavy atom. The van der Waals surface area contributed by atoms with Gasteiger partial charge in [-0.15, -0.1) is 0 Å². The minimum Gasteiger partial charge on any atom is -0.488 e. The van der Waals surface area contributed by atoms with Crippen molar-refractivity contribution < 1.29 is 13.9 Å². The summed E-state index contributed by atoms with van der Waals surface area (Å²) in [5.74, 6) is 0.521. The zero-order valence-corrected chi connectivity index (χ0v) is 14.6. The molecule has 0 saturated carbocycles. The number of amides is 1. The molecule has 4 rings (SSSR count).